The smallest absolute Gasteiger partial charge is 0.137 e. The van der Waals surface area contributed by atoms with Gasteiger partial charge in [0.1, 0.15) is 6.29 Å². The Morgan fingerprint density at radius 3 is 2.11 bits per heavy atom. The molecule has 0 aliphatic carbocycles. The van der Waals surface area contributed by atoms with Crippen molar-refractivity contribution >= 4 is 6.29 Å². The van der Waals surface area contributed by atoms with Gasteiger partial charge in [-0.1, -0.05) is 64.7 Å². The summed E-state index contributed by atoms with van der Waals surface area (Å²) in [4.78, 5) is 13.2. The molecule has 0 radical (unpaired) electrons. The Bertz CT molecular complexity index is 217. The maximum atomic E-state index is 10.9. The number of rotatable bonds is 12. The third kappa shape index (κ3) is 7.71. The molecule has 1 rings (SSSR count). The summed E-state index contributed by atoms with van der Waals surface area (Å²) < 4.78 is 0. The quantitative estimate of drug-likeness (QED) is 0.381. The third-order valence-electron chi connectivity index (χ3n) is 4.37. The minimum atomic E-state index is 0.235. The highest BCUT2D eigenvalue weighted by Crippen LogP contribution is 2.16. The summed E-state index contributed by atoms with van der Waals surface area (Å²) in [5.74, 6) is 0. The Hall–Kier alpha value is -0.370. The van der Waals surface area contributed by atoms with Crippen LogP contribution in [0.3, 0.4) is 0 Å². The molecule has 0 bridgehead atoms. The van der Waals surface area contributed by atoms with Crippen molar-refractivity contribution < 1.29 is 4.79 Å². The maximum Gasteiger partial charge on any atom is 0.137 e. The van der Waals surface area contributed by atoms with E-state index in [1.807, 2.05) is 0 Å². The van der Waals surface area contributed by atoms with Gasteiger partial charge in [0.05, 0.1) is 6.04 Å². The molecular formula is C17H33NO. The van der Waals surface area contributed by atoms with Crippen LogP contribution in [0.15, 0.2) is 0 Å². The largest absolute Gasteiger partial charge is 0.302 e. The third-order valence-corrected chi connectivity index (χ3v) is 4.37. The SMILES string of the molecule is CCCCCCCCCCCCN1CCC[C@H]1C=O. The number of unbranched alkanes of at least 4 members (excludes halogenated alkanes) is 9. The van der Waals surface area contributed by atoms with Crippen molar-refractivity contribution in [2.45, 2.75) is 90.0 Å². The van der Waals surface area contributed by atoms with E-state index in [0.29, 0.717) is 0 Å². The first-order chi connectivity index (χ1) is 9.38. The summed E-state index contributed by atoms with van der Waals surface area (Å²) >= 11 is 0. The molecule has 19 heavy (non-hydrogen) atoms. The molecule has 1 aliphatic heterocycles. The number of carbonyl (C=O) groups excluding carboxylic acids is 1. The van der Waals surface area contributed by atoms with E-state index >= 15 is 0 Å². The fraction of sp³-hybridized carbons (Fsp3) is 0.941. The molecule has 0 spiro atoms. The normalized spacial score (nSPS) is 19.9. The maximum absolute atomic E-state index is 10.9. The molecule has 0 aromatic rings. The molecule has 0 aromatic carbocycles. The zero-order valence-corrected chi connectivity index (χ0v) is 12.9. The van der Waals surface area contributed by atoms with Gasteiger partial charge in [0.2, 0.25) is 0 Å². The van der Waals surface area contributed by atoms with Crippen LogP contribution in [0, 0.1) is 0 Å². The summed E-state index contributed by atoms with van der Waals surface area (Å²) in [6.45, 7) is 4.55. The molecule has 1 atom stereocenters. The van der Waals surface area contributed by atoms with Gasteiger partial charge in [-0.25, -0.2) is 0 Å². The van der Waals surface area contributed by atoms with Gasteiger partial charge in [0.25, 0.3) is 0 Å². The van der Waals surface area contributed by atoms with Crippen molar-refractivity contribution in [3.8, 4) is 0 Å². The van der Waals surface area contributed by atoms with Crippen LogP contribution < -0.4 is 0 Å². The number of hydrogen-bond donors (Lipinski definition) is 0. The number of aldehydes is 1. The van der Waals surface area contributed by atoms with Crippen LogP contribution in [-0.4, -0.2) is 30.3 Å². The Labute approximate surface area is 119 Å². The van der Waals surface area contributed by atoms with Crippen LogP contribution >= 0.6 is 0 Å². The topological polar surface area (TPSA) is 20.3 Å². The van der Waals surface area contributed by atoms with Crippen LogP contribution in [0.4, 0.5) is 0 Å². The monoisotopic (exact) mass is 267 g/mol. The van der Waals surface area contributed by atoms with Gasteiger partial charge in [-0.05, 0) is 32.4 Å². The molecular weight excluding hydrogens is 234 g/mol. The number of carbonyl (C=O) groups is 1. The van der Waals surface area contributed by atoms with Crippen LogP contribution in [0.1, 0.15) is 84.0 Å². The second kappa shape index (κ2) is 11.5. The van der Waals surface area contributed by atoms with E-state index in [4.69, 9.17) is 0 Å². The van der Waals surface area contributed by atoms with Gasteiger partial charge >= 0.3 is 0 Å². The van der Waals surface area contributed by atoms with E-state index in [0.717, 1.165) is 25.8 Å². The van der Waals surface area contributed by atoms with Gasteiger partial charge in [-0.3, -0.25) is 4.90 Å². The lowest BCUT2D eigenvalue weighted by Gasteiger charge is -2.19. The molecule has 1 heterocycles. The lowest BCUT2D eigenvalue weighted by atomic mass is 10.1. The first-order valence-corrected chi connectivity index (χ1v) is 8.58. The fourth-order valence-electron chi connectivity index (χ4n) is 3.09. The highest BCUT2D eigenvalue weighted by molar-refractivity contribution is 5.58. The number of hydrogen-bond acceptors (Lipinski definition) is 2. The summed E-state index contributed by atoms with van der Waals surface area (Å²) in [6.07, 6.45) is 17.3. The molecule has 2 nitrogen and oxygen atoms in total. The van der Waals surface area contributed by atoms with Gasteiger partial charge < -0.3 is 4.79 Å². The van der Waals surface area contributed by atoms with E-state index in [-0.39, 0.29) is 6.04 Å². The van der Waals surface area contributed by atoms with Crippen LogP contribution in [-0.2, 0) is 4.79 Å². The molecule has 1 fully saturated rings. The summed E-state index contributed by atoms with van der Waals surface area (Å²) in [5, 5.41) is 0. The first-order valence-electron chi connectivity index (χ1n) is 8.58. The fourth-order valence-corrected chi connectivity index (χ4v) is 3.09. The van der Waals surface area contributed by atoms with Crippen molar-refractivity contribution in [1.29, 1.82) is 0 Å². The predicted molar refractivity (Wildman–Crippen MR) is 82.5 cm³/mol. The zero-order valence-electron chi connectivity index (χ0n) is 12.9. The van der Waals surface area contributed by atoms with E-state index in [9.17, 15) is 4.79 Å². The molecule has 0 aromatic heterocycles. The van der Waals surface area contributed by atoms with Crippen molar-refractivity contribution in [3.05, 3.63) is 0 Å². The summed E-state index contributed by atoms with van der Waals surface area (Å²) in [7, 11) is 0. The second-order valence-corrected chi connectivity index (χ2v) is 6.06. The molecule has 1 aliphatic rings. The van der Waals surface area contributed by atoms with Crippen molar-refractivity contribution in [3.63, 3.8) is 0 Å². The van der Waals surface area contributed by atoms with Gasteiger partial charge in [0.15, 0.2) is 0 Å². The molecule has 1 saturated heterocycles. The van der Waals surface area contributed by atoms with Gasteiger partial charge in [0, 0.05) is 0 Å². The number of nitrogens with zero attached hydrogens (tertiary/aromatic N) is 1. The lowest BCUT2D eigenvalue weighted by molar-refractivity contribution is -0.111. The number of likely N-dealkylation sites (tertiary alicyclic amines) is 1. The minimum Gasteiger partial charge on any atom is -0.302 e. The second-order valence-electron chi connectivity index (χ2n) is 6.06. The Kier molecular flexibility index (Phi) is 10.1. The summed E-state index contributed by atoms with van der Waals surface area (Å²) in [6, 6.07) is 0.235. The van der Waals surface area contributed by atoms with Crippen molar-refractivity contribution in [2.75, 3.05) is 13.1 Å². The van der Waals surface area contributed by atoms with E-state index in [1.165, 1.54) is 70.6 Å². The Balaban J connectivity index is 1.82. The summed E-state index contributed by atoms with van der Waals surface area (Å²) in [5.41, 5.74) is 0. The van der Waals surface area contributed by atoms with Crippen molar-refractivity contribution in [2.24, 2.45) is 0 Å². The Morgan fingerprint density at radius 1 is 0.947 bits per heavy atom. The average Bonchev–Trinajstić information content (AvgIpc) is 2.88. The molecule has 2 heteroatoms. The zero-order chi connectivity index (χ0) is 13.8. The highest BCUT2D eigenvalue weighted by Gasteiger charge is 2.22. The van der Waals surface area contributed by atoms with E-state index in [2.05, 4.69) is 11.8 Å². The highest BCUT2D eigenvalue weighted by atomic mass is 16.1. The molecule has 112 valence electrons. The van der Waals surface area contributed by atoms with Crippen molar-refractivity contribution in [1.82, 2.24) is 4.90 Å². The van der Waals surface area contributed by atoms with Crippen LogP contribution in [0.5, 0.6) is 0 Å². The molecule has 0 N–H and O–H groups in total. The lowest BCUT2D eigenvalue weighted by Crippen LogP contribution is -2.31. The van der Waals surface area contributed by atoms with Crippen LogP contribution in [0.25, 0.3) is 0 Å². The van der Waals surface area contributed by atoms with Gasteiger partial charge in [-0.15, -0.1) is 0 Å². The van der Waals surface area contributed by atoms with Gasteiger partial charge in [-0.2, -0.15) is 0 Å². The van der Waals surface area contributed by atoms with E-state index in [1.54, 1.807) is 0 Å². The predicted octanol–water partition coefficient (Wildman–Crippen LogP) is 4.57. The first kappa shape index (κ1) is 16.7. The van der Waals surface area contributed by atoms with E-state index < -0.39 is 0 Å². The molecule has 0 unspecified atom stereocenters. The van der Waals surface area contributed by atoms with Crippen LogP contribution in [0.2, 0.25) is 0 Å². The minimum absolute atomic E-state index is 0.235. The average molecular weight is 267 g/mol. The Morgan fingerprint density at radius 2 is 1.53 bits per heavy atom. The molecule has 0 saturated carbocycles. The standard InChI is InChI=1S/C17H33NO/c1-2-3-4-5-6-7-8-9-10-11-14-18-15-12-13-17(18)16-19/h16-17H,2-15H2,1H3/t17-/m0/s1. The molecule has 0 amide bonds.